The highest BCUT2D eigenvalue weighted by Crippen LogP contribution is 2.12. The summed E-state index contributed by atoms with van der Waals surface area (Å²) in [6.45, 7) is 6.31. The predicted molar refractivity (Wildman–Crippen MR) is 112 cm³/mol. The van der Waals surface area contributed by atoms with Gasteiger partial charge in [0, 0.05) is 44.2 Å². The average Bonchev–Trinajstić information content (AvgIpc) is 2.62. The maximum absolute atomic E-state index is 6.12. The van der Waals surface area contributed by atoms with Crippen LogP contribution in [0.4, 0.5) is 0 Å². The summed E-state index contributed by atoms with van der Waals surface area (Å²) < 4.78 is 5.86. The molecule has 1 unspecified atom stereocenters. The van der Waals surface area contributed by atoms with E-state index in [1.807, 2.05) is 11.8 Å². The molecule has 0 amide bonds. The molecule has 0 aliphatic carbocycles. The first kappa shape index (κ1) is 19.8. The summed E-state index contributed by atoms with van der Waals surface area (Å²) >= 11 is 1.98. The van der Waals surface area contributed by atoms with E-state index in [0.29, 0.717) is 12.5 Å². The smallest absolute Gasteiger partial charge is 0.191 e. The molecule has 0 bridgehead atoms. The fraction of sp³-hybridized carbons (Fsp3) is 0.588. The lowest BCUT2D eigenvalue weighted by Crippen LogP contribution is -2.45. The van der Waals surface area contributed by atoms with Crippen molar-refractivity contribution in [3.05, 3.63) is 35.9 Å². The first-order valence-electron chi connectivity index (χ1n) is 8.32. The molecule has 1 aromatic carbocycles. The topological polar surface area (TPSA) is 54.1 Å². The van der Waals surface area contributed by atoms with E-state index in [-0.39, 0.29) is 30.1 Å². The van der Waals surface area contributed by atoms with Gasteiger partial charge in [-0.2, -0.15) is 11.8 Å². The van der Waals surface area contributed by atoms with Crippen molar-refractivity contribution in [3.8, 4) is 0 Å². The molecule has 2 N–H and O–H groups in total. The summed E-state index contributed by atoms with van der Waals surface area (Å²) in [4.78, 5) is 9.19. The van der Waals surface area contributed by atoms with Crippen molar-refractivity contribution in [3.63, 3.8) is 0 Å². The van der Waals surface area contributed by atoms with Crippen molar-refractivity contribution >= 4 is 41.7 Å². The van der Waals surface area contributed by atoms with E-state index < -0.39 is 0 Å². The lowest BCUT2D eigenvalue weighted by atomic mass is 10.2. The fourth-order valence-electron chi connectivity index (χ4n) is 2.96. The van der Waals surface area contributed by atoms with Crippen molar-refractivity contribution < 1.29 is 4.74 Å². The van der Waals surface area contributed by atoms with Crippen LogP contribution in [0.2, 0.25) is 0 Å². The number of nitrogens with zero attached hydrogens (tertiary/aromatic N) is 3. The minimum atomic E-state index is 0. The third-order valence-corrected chi connectivity index (χ3v) is 5.21. The highest BCUT2D eigenvalue weighted by molar-refractivity contribution is 14.0. The number of ether oxygens (including phenoxy) is 1. The molecule has 1 atom stereocenters. The van der Waals surface area contributed by atoms with Gasteiger partial charge in [0.25, 0.3) is 0 Å². The molecule has 2 saturated heterocycles. The fourth-order valence-corrected chi connectivity index (χ4v) is 3.87. The van der Waals surface area contributed by atoms with Crippen LogP contribution in [0.25, 0.3) is 0 Å². The van der Waals surface area contributed by atoms with Gasteiger partial charge in [-0.15, -0.1) is 24.0 Å². The summed E-state index contributed by atoms with van der Waals surface area (Å²) in [7, 11) is 0. The molecule has 0 saturated carbocycles. The van der Waals surface area contributed by atoms with E-state index in [1.54, 1.807) is 0 Å². The molecule has 2 heterocycles. The van der Waals surface area contributed by atoms with Crippen LogP contribution in [0.15, 0.2) is 35.3 Å². The molecule has 24 heavy (non-hydrogen) atoms. The van der Waals surface area contributed by atoms with Gasteiger partial charge in [-0.25, -0.2) is 0 Å². The first-order valence-corrected chi connectivity index (χ1v) is 9.47. The number of hydrogen-bond donors (Lipinski definition) is 1. The van der Waals surface area contributed by atoms with Gasteiger partial charge in [0.2, 0.25) is 0 Å². The average molecular weight is 462 g/mol. The van der Waals surface area contributed by atoms with Gasteiger partial charge in [-0.05, 0) is 5.56 Å². The molecular formula is C17H27IN4OS. The summed E-state index contributed by atoms with van der Waals surface area (Å²) in [6, 6.07) is 10.6. The molecule has 2 aliphatic rings. The monoisotopic (exact) mass is 462 g/mol. The van der Waals surface area contributed by atoms with Crippen molar-refractivity contribution in [2.75, 3.05) is 50.8 Å². The Bertz CT molecular complexity index is 511. The van der Waals surface area contributed by atoms with Gasteiger partial charge in [0.05, 0.1) is 19.3 Å². The van der Waals surface area contributed by atoms with E-state index in [4.69, 9.17) is 10.5 Å². The number of nitrogens with two attached hydrogens (primary N) is 1. The van der Waals surface area contributed by atoms with Gasteiger partial charge < -0.3 is 15.4 Å². The third kappa shape index (κ3) is 6.09. The van der Waals surface area contributed by atoms with Gasteiger partial charge in [0.1, 0.15) is 0 Å². The number of halogens is 1. The van der Waals surface area contributed by atoms with Crippen molar-refractivity contribution in [1.82, 2.24) is 9.80 Å². The Labute approximate surface area is 166 Å². The summed E-state index contributed by atoms with van der Waals surface area (Å²) in [6.07, 6.45) is 0.144. The first-order chi connectivity index (χ1) is 11.3. The number of benzene rings is 1. The minimum absolute atomic E-state index is 0. The lowest BCUT2D eigenvalue weighted by Gasteiger charge is -2.33. The van der Waals surface area contributed by atoms with Crippen molar-refractivity contribution in [2.45, 2.75) is 12.6 Å². The summed E-state index contributed by atoms with van der Waals surface area (Å²) in [5.41, 5.74) is 7.47. The van der Waals surface area contributed by atoms with E-state index in [9.17, 15) is 0 Å². The van der Waals surface area contributed by atoms with Gasteiger partial charge >= 0.3 is 0 Å². The van der Waals surface area contributed by atoms with Gasteiger partial charge in [0.15, 0.2) is 5.96 Å². The highest BCUT2D eigenvalue weighted by Gasteiger charge is 2.21. The Morgan fingerprint density at radius 1 is 1.21 bits per heavy atom. The summed E-state index contributed by atoms with van der Waals surface area (Å²) in [5, 5.41) is 0. The Hall–Kier alpha value is -0.510. The SMILES string of the molecule is I.NC(=NCC1CN(Cc2ccccc2)CCO1)N1CCSCC1. The molecule has 0 radical (unpaired) electrons. The highest BCUT2D eigenvalue weighted by atomic mass is 127. The van der Waals surface area contributed by atoms with Gasteiger partial charge in [-0.1, -0.05) is 30.3 Å². The summed E-state index contributed by atoms with van der Waals surface area (Å²) in [5.74, 6) is 2.95. The van der Waals surface area contributed by atoms with E-state index in [1.165, 1.54) is 5.56 Å². The standard InChI is InChI=1S/C17H26N4OS.HI/c18-17(21-7-10-23-11-8-21)19-12-16-14-20(6-9-22-16)13-15-4-2-1-3-5-15;/h1-5,16H,6-14H2,(H2,18,19);1H. The molecule has 0 spiro atoms. The maximum atomic E-state index is 6.12. The lowest BCUT2D eigenvalue weighted by molar-refractivity contribution is -0.0259. The van der Waals surface area contributed by atoms with Crippen LogP contribution in [-0.2, 0) is 11.3 Å². The molecule has 2 aliphatic heterocycles. The number of hydrogen-bond acceptors (Lipinski definition) is 4. The number of thioether (sulfide) groups is 1. The predicted octanol–water partition coefficient (Wildman–Crippen LogP) is 1.87. The minimum Gasteiger partial charge on any atom is -0.374 e. The van der Waals surface area contributed by atoms with E-state index >= 15 is 0 Å². The normalized spacial score (nSPS) is 22.9. The Balaban J connectivity index is 0.00000208. The zero-order valence-electron chi connectivity index (χ0n) is 14.0. The molecule has 3 rings (SSSR count). The van der Waals surface area contributed by atoms with E-state index in [0.717, 1.165) is 50.8 Å². The Morgan fingerprint density at radius 3 is 2.71 bits per heavy atom. The molecular weight excluding hydrogens is 435 g/mol. The molecule has 134 valence electrons. The number of morpholine rings is 1. The molecule has 0 aromatic heterocycles. The van der Waals surface area contributed by atoms with Crippen molar-refractivity contribution in [1.29, 1.82) is 0 Å². The second kappa shape index (κ2) is 10.5. The molecule has 2 fully saturated rings. The van der Waals surface area contributed by atoms with Crippen LogP contribution >= 0.6 is 35.7 Å². The van der Waals surface area contributed by atoms with Crippen LogP contribution in [0.5, 0.6) is 0 Å². The van der Waals surface area contributed by atoms with Crippen LogP contribution in [0.1, 0.15) is 5.56 Å². The largest absolute Gasteiger partial charge is 0.374 e. The Morgan fingerprint density at radius 2 is 1.96 bits per heavy atom. The van der Waals surface area contributed by atoms with Crippen LogP contribution < -0.4 is 5.73 Å². The number of rotatable bonds is 4. The van der Waals surface area contributed by atoms with Crippen LogP contribution in [0.3, 0.4) is 0 Å². The number of guanidine groups is 1. The molecule has 5 nitrogen and oxygen atoms in total. The maximum Gasteiger partial charge on any atom is 0.191 e. The zero-order chi connectivity index (χ0) is 15.9. The van der Waals surface area contributed by atoms with Crippen LogP contribution in [0, 0.1) is 0 Å². The second-order valence-corrected chi connectivity index (χ2v) is 7.24. The Kier molecular flexibility index (Phi) is 8.65. The zero-order valence-corrected chi connectivity index (χ0v) is 17.1. The molecule has 1 aromatic rings. The third-order valence-electron chi connectivity index (χ3n) is 4.26. The quantitative estimate of drug-likeness (QED) is 0.421. The number of aliphatic imine (C=N–C) groups is 1. The molecule has 7 heteroatoms. The van der Waals surface area contributed by atoms with Crippen LogP contribution in [-0.4, -0.2) is 72.7 Å². The second-order valence-electron chi connectivity index (χ2n) is 6.01. The van der Waals surface area contributed by atoms with Gasteiger partial charge in [-0.3, -0.25) is 9.89 Å². The van der Waals surface area contributed by atoms with Crippen molar-refractivity contribution in [2.24, 2.45) is 10.7 Å². The van der Waals surface area contributed by atoms with E-state index in [2.05, 4.69) is 45.1 Å².